The average Bonchev–Trinajstić information content (AvgIpc) is 2.71. The van der Waals surface area contributed by atoms with Crippen molar-refractivity contribution >= 4 is 23.2 Å². The van der Waals surface area contributed by atoms with Gasteiger partial charge >= 0.3 is 0 Å². The third-order valence-electron chi connectivity index (χ3n) is 4.65. The van der Waals surface area contributed by atoms with Gasteiger partial charge < -0.3 is 15.0 Å². The van der Waals surface area contributed by atoms with E-state index < -0.39 is 0 Å². The summed E-state index contributed by atoms with van der Waals surface area (Å²) >= 11 is 0. The van der Waals surface area contributed by atoms with Crippen LogP contribution >= 0.6 is 0 Å². The molecule has 2 aliphatic rings. The number of hydrogen-bond acceptors (Lipinski definition) is 3. The van der Waals surface area contributed by atoms with Gasteiger partial charge in [0.1, 0.15) is 6.61 Å². The van der Waals surface area contributed by atoms with Crippen LogP contribution in [0.25, 0.3) is 0 Å². The van der Waals surface area contributed by atoms with Gasteiger partial charge in [0, 0.05) is 6.54 Å². The van der Waals surface area contributed by atoms with Gasteiger partial charge in [0.25, 0.3) is 5.91 Å². The molecule has 124 valence electrons. The Hall–Kier alpha value is -1.88. The van der Waals surface area contributed by atoms with E-state index in [2.05, 4.69) is 5.32 Å². The van der Waals surface area contributed by atoms with Crippen LogP contribution in [0.15, 0.2) is 24.3 Å². The SMILES string of the molecule is C[C@H]1CN(C(=O)COC2CCCCC2)c2ccccc2NC1=O. The number of amides is 2. The number of rotatable bonds is 3. The van der Waals surface area contributed by atoms with Crippen molar-refractivity contribution in [1.29, 1.82) is 0 Å². The van der Waals surface area contributed by atoms with Crippen molar-refractivity contribution in [3.05, 3.63) is 24.3 Å². The lowest BCUT2D eigenvalue weighted by atomic mass is 9.98. The van der Waals surface area contributed by atoms with Crippen LogP contribution in [0, 0.1) is 5.92 Å². The lowest BCUT2D eigenvalue weighted by Crippen LogP contribution is -2.39. The molecular formula is C18H24N2O3. The van der Waals surface area contributed by atoms with Gasteiger partial charge in [-0.25, -0.2) is 0 Å². The van der Waals surface area contributed by atoms with Gasteiger partial charge in [-0.2, -0.15) is 0 Å². The first-order valence-corrected chi connectivity index (χ1v) is 8.47. The van der Waals surface area contributed by atoms with Crippen molar-refractivity contribution in [3.8, 4) is 0 Å². The quantitative estimate of drug-likeness (QED) is 0.932. The molecule has 2 amide bonds. The number of fused-ring (bicyclic) bond motifs is 1. The molecule has 0 saturated heterocycles. The number of hydrogen-bond donors (Lipinski definition) is 1. The van der Waals surface area contributed by atoms with Gasteiger partial charge in [0.05, 0.1) is 23.4 Å². The smallest absolute Gasteiger partial charge is 0.253 e. The number of nitrogens with one attached hydrogen (secondary N) is 1. The summed E-state index contributed by atoms with van der Waals surface area (Å²) in [6, 6.07) is 7.43. The molecule has 1 aromatic rings. The van der Waals surface area contributed by atoms with Crippen LogP contribution in [0.5, 0.6) is 0 Å². The molecule has 23 heavy (non-hydrogen) atoms. The highest BCUT2D eigenvalue weighted by atomic mass is 16.5. The number of ether oxygens (including phenoxy) is 1. The molecule has 0 spiro atoms. The molecule has 5 heteroatoms. The van der Waals surface area contributed by atoms with E-state index in [1.165, 1.54) is 19.3 Å². The van der Waals surface area contributed by atoms with Gasteiger partial charge in [-0.1, -0.05) is 38.3 Å². The van der Waals surface area contributed by atoms with E-state index in [4.69, 9.17) is 4.74 Å². The van der Waals surface area contributed by atoms with Crippen LogP contribution in [0.2, 0.25) is 0 Å². The first kappa shape index (κ1) is 16.0. The summed E-state index contributed by atoms with van der Waals surface area (Å²) in [6.07, 6.45) is 5.91. The molecule has 5 nitrogen and oxygen atoms in total. The Balaban J connectivity index is 1.71. The number of benzene rings is 1. The zero-order valence-electron chi connectivity index (χ0n) is 13.6. The highest BCUT2D eigenvalue weighted by Crippen LogP contribution is 2.30. The topological polar surface area (TPSA) is 58.6 Å². The van der Waals surface area contributed by atoms with Crippen LogP contribution in [-0.2, 0) is 14.3 Å². The predicted octanol–water partition coefficient (Wildman–Crippen LogP) is 2.96. The molecular weight excluding hydrogens is 292 g/mol. The Labute approximate surface area is 137 Å². The van der Waals surface area contributed by atoms with Crippen molar-refractivity contribution in [2.75, 3.05) is 23.4 Å². The molecule has 0 aromatic heterocycles. The van der Waals surface area contributed by atoms with Crippen molar-refractivity contribution in [1.82, 2.24) is 0 Å². The second-order valence-corrected chi connectivity index (χ2v) is 6.48. The molecule has 0 radical (unpaired) electrons. The van der Waals surface area contributed by atoms with Crippen LogP contribution < -0.4 is 10.2 Å². The predicted molar refractivity (Wildman–Crippen MR) is 89.4 cm³/mol. The summed E-state index contributed by atoms with van der Waals surface area (Å²) in [5.74, 6) is -0.381. The van der Waals surface area contributed by atoms with Gasteiger partial charge in [-0.05, 0) is 25.0 Å². The Kier molecular flexibility index (Phi) is 4.96. The van der Waals surface area contributed by atoms with Crippen molar-refractivity contribution in [2.45, 2.75) is 45.1 Å². The summed E-state index contributed by atoms with van der Waals surface area (Å²) in [5, 5.41) is 2.89. The molecule has 1 aliphatic heterocycles. The highest BCUT2D eigenvalue weighted by molar-refractivity contribution is 6.04. The maximum Gasteiger partial charge on any atom is 0.253 e. The van der Waals surface area contributed by atoms with E-state index in [0.717, 1.165) is 18.5 Å². The van der Waals surface area contributed by atoms with Crippen LogP contribution in [0.3, 0.4) is 0 Å². The number of nitrogens with zero attached hydrogens (tertiary/aromatic N) is 1. The zero-order valence-corrected chi connectivity index (χ0v) is 13.6. The van der Waals surface area contributed by atoms with Gasteiger partial charge in [0.15, 0.2) is 0 Å². The number of para-hydroxylation sites is 2. The Morgan fingerprint density at radius 1 is 1.26 bits per heavy atom. The van der Waals surface area contributed by atoms with Crippen molar-refractivity contribution in [3.63, 3.8) is 0 Å². The largest absolute Gasteiger partial charge is 0.368 e. The van der Waals surface area contributed by atoms with Gasteiger partial charge in [-0.15, -0.1) is 0 Å². The fourth-order valence-corrected chi connectivity index (χ4v) is 3.26. The minimum atomic E-state index is -0.249. The first-order valence-electron chi connectivity index (χ1n) is 8.47. The van der Waals surface area contributed by atoms with E-state index >= 15 is 0 Å². The third kappa shape index (κ3) is 3.72. The molecule has 1 atom stereocenters. The average molecular weight is 316 g/mol. The maximum absolute atomic E-state index is 12.7. The molecule has 3 rings (SSSR count). The fourth-order valence-electron chi connectivity index (χ4n) is 3.26. The van der Waals surface area contributed by atoms with Crippen LogP contribution in [0.1, 0.15) is 39.0 Å². The minimum absolute atomic E-state index is 0.0547. The molecule has 1 heterocycles. The van der Waals surface area contributed by atoms with E-state index in [-0.39, 0.29) is 30.4 Å². The molecule has 1 aliphatic carbocycles. The summed E-state index contributed by atoms with van der Waals surface area (Å²) in [7, 11) is 0. The molecule has 1 saturated carbocycles. The molecule has 0 bridgehead atoms. The van der Waals surface area contributed by atoms with Crippen LogP contribution in [0.4, 0.5) is 11.4 Å². The van der Waals surface area contributed by atoms with E-state index in [1.807, 2.05) is 31.2 Å². The molecule has 1 fully saturated rings. The zero-order chi connectivity index (χ0) is 16.2. The summed E-state index contributed by atoms with van der Waals surface area (Å²) in [4.78, 5) is 26.4. The standard InChI is InChI=1S/C18H24N2O3/c1-13-11-20(16-10-6-5-9-15(16)19-18(13)22)17(21)12-23-14-7-3-2-4-8-14/h5-6,9-10,13-14H,2-4,7-8,11-12H2,1H3,(H,19,22)/t13-/m0/s1. The van der Waals surface area contributed by atoms with E-state index in [0.29, 0.717) is 12.2 Å². The van der Waals surface area contributed by atoms with Crippen LogP contribution in [-0.4, -0.2) is 31.1 Å². The maximum atomic E-state index is 12.7. The molecule has 1 aromatic carbocycles. The van der Waals surface area contributed by atoms with Gasteiger partial charge in [-0.3, -0.25) is 9.59 Å². The lowest BCUT2D eigenvalue weighted by Gasteiger charge is -2.26. The highest BCUT2D eigenvalue weighted by Gasteiger charge is 2.29. The second-order valence-electron chi connectivity index (χ2n) is 6.48. The van der Waals surface area contributed by atoms with E-state index in [9.17, 15) is 9.59 Å². The normalized spacial score (nSPS) is 22.2. The molecule has 0 unspecified atom stereocenters. The monoisotopic (exact) mass is 316 g/mol. The summed E-state index contributed by atoms with van der Waals surface area (Å²) in [5.41, 5.74) is 1.44. The van der Waals surface area contributed by atoms with Gasteiger partial charge in [0.2, 0.25) is 5.91 Å². The number of anilines is 2. The fraction of sp³-hybridized carbons (Fsp3) is 0.556. The summed E-state index contributed by atoms with van der Waals surface area (Å²) < 4.78 is 5.82. The van der Waals surface area contributed by atoms with E-state index in [1.54, 1.807) is 4.90 Å². The second kappa shape index (κ2) is 7.13. The minimum Gasteiger partial charge on any atom is -0.368 e. The van der Waals surface area contributed by atoms with Crippen molar-refractivity contribution < 1.29 is 14.3 Å². The first-order chi connectivity index (χ1) is 11.1. The summed E-state index contributed by atoms with van der Waals surface area (Å²) in [6.45, 7) is 2.30. The number of carbonyl (C=O) groups excluding carboxylic acids is 2. The molecule has 1 N–H and O–H groups in total. The Morgan fingerprint density at radius 3 is 2.78 bits per heavy atom. The Morgan fingerprint density at radius 2 is 2.00 bits per heavy atom. The van der Waals surface area contributed by atoms with Crippen molar-refractivity contribution in [2.24, 2.45) is 5.92 Å². The Bertz CT molecular complexity index is 581. The number of carbonyl (C=O) groups is 2. The third-order valence-corrected chi connectivity index (χ3v) is 4.65. The lowest BCUT2D eigenvalue weighted by molar-refractivity contribution is -0.126.